The summed E-state index contributed by atoms with van der Waals surface area (Å²) in [6, 6.07) is 18.2. The van der Waals surface area contributed by atoms with Crippen LogP contribution in [0.4, 0.5) is 13.2 Å². The average molecular weight is 594 g/mol. The lowest BCUT2D eigenvalue weighted by atomic mass is 9.98. The lowest BCUT2D eigenvalue weighted by molar-refractivity contribution is -0.142. The largest absolute Gasteiger partial charge is 0.494 e. The summed E-state index contributed by atoms with van der Waals surface area (Å²) in [6.07, 6.45) is -3.60. The summed E-state index contributed by atoms with van der Waals surface area (Å²) in [4.78, 5) is 37.5. The Balaban J connectivity index is 1.16. The van der Waals surface area contributed by atoms with Crippen molar-refractivity contribution in [2.24, 2.45) is 5.92 Å². The van der Waals surface area contributed by atoms with E-state index in [-0.39, 0.29) is 25.1 Å². The number of nitrogens with zero attached hydrogens (tertiary/aromatic N) is 3. The molecule has 5 aromatic rings. The standard InChI is InChI=1S/C31H26F3N3O6/c32-31(33,34)22-9-7-19(8-10-22)4-3-15-42-23-11-12-27-21(16-23)18-28(43-27)26(38)17-20(30(40)41)13-14-37-29(39)24-5-1-2-6-25(24)35-36-37/h1-2,5-12,16,18,20H,3-4,13-15,17H2,(H,40,41). The minimum absolute atomic E-state index is 0.00312. The van der Waals surface area contributed by atoms with Crippen LogP contribution < -0.4 is 10.3 Å². The molecule has 0 amide bonds. The number of alkyl halides is 3. The molecular weight excluding hydrogens is 567 g/mol. The quantitative estimate of drug-likeness (QED) is 0.139. The van der Waals surface area contributed by atoms with Crippen molar-refractivity contribution >= 4 is 33.6 Å². The van der Waals surface area contributed by atoms with Crippen LogP contribution in [0.2, 0.25) is 0 Å². The number of halogens is 3. The molecule has 0 fully saturated rings. The molecule has 2 heterocycles. The first-order chi connectivity index (χ1) is 20.6. The van der Waals surface area contributed by atoms with E-state index < -0.39 is 35.0 Å². The van der Waals surface area contributed by atoms with Crippen molar-refractivity contribution in [1.29, 1.82) is 0 Å². The fourth-order valence-corrected chi connectivity index (χ4v) is 4.66. The zero-order chi connectivity index (χ0) is 30.6. The van der Waals surface area contributed by atoms with Gasteiger partial charge in [0.1, 0.15) is 16.8 Å². The molecule has 0 radical (unpaired) electrons. The van der Waals surface area contributed by atoms with Gasteiger partial charge in [-0.2, -0.15) is 13.2 Å². The Bertz CT molecular complexity index is 1830. The number of carbonyl (C=O) groups is 2. The van der Waals surface area contributed by atoms with Crippen LogP contribution in [-0.4, -0.2) is 38.5 Å². The maximum absolute atomic E-state index is 12.9. The Morgan fingerprint density at radius 1 is 1.02 bits per heavy atom. The zero-order valence-electron chi connectivity index (χ0n) is 22.7. The van der Waals surface area contributed by atoms with Crippen molar-refractivity contribution in [2.75, 3.05) is 6.61 Å². The van der Waals surface area contributed by atoms with Crippen LogP contribution in [0.1, 0.15) is 40.9 Å². The molecule has 0 aliphatic rings. The van der Waals surface area contributed by atoms with Gasteiger partial charge in [0.15, 0.2) is 11.5 Å². The number of hydrogen-bond donors (Lipinski definition) is 1. The van der Waals surface area contributed by atoms with Crippen LogP contribution in [0.15, 0.2) is 82.0 Å². The Hall–Kier alpha value is -5.00. The monoisotopic (exact) mass is 593 g/mol. The molecular formula is C31H26F3N3O6. The second-order valence-corrected chi connectivity index (χ2v) is 10.0. The number of ketones is 1. The van der Waals surface area contributed by atoms with Crippen LogP contribution in [0.3, 0.4) is 0 Å². The first-order valence-electron chi connectivity index (χ1n) is 13.5. The summed E-state index contributed by atoms with van der Waals surface area (Å²) in [6.45, 7) is 0.293. The van der Waals surface area contributed by atoms with Gasteiger partial charge in [-0.3, -0.25) is 14.4 Å². The Morgan fingerprint density at radius 2 is 1.79 bits per heavy atom. The summed E-state index contributed by atoms with van der Waals surface area (Å²) < 4.78 is 50.7. The number of Topliss-reactive ketones (excluding diaryl/α,β-unsaturated/α-hetero) is 1. The van der Waals surface area contributed by atoms with Gasteiger partial charge in [0, 0.05) is 18.4 Å². The fourth-order valence-electron chi connectivity index (χ4n) is 4.66. The molecule has 222 valence electrons. The van der Waals surface area contributed by atoms with Gasteiger partial charge in [-0.15, -0.1) is 5.10 Å². The highest BCUT2D eigenvalue weighted by Crippen LogP contribution is 2.29. The molecule has 12 heteroatoms. The molecule has 1 N–H and O–H groups in total. The van der Waals surface area contributed by atoms with E-state index in [1.807, 2.05) is 0 Å². The molecule has 3 aromatic carbocycles. The van der Waals surface area contributed by atoms with Crippen molar-refractivity contribution in [2.45, 2.75) is 38.4 Å². The number of aromatic nitrogens is 3. The van der Waals surface area contributed by atoms with Crippen LogP contribution in [0, 0.1) is 5.92 Å². The number of furan rings is 1. The van der Waals surface area contributed by atoms with Crippen molar-refractivity contribution in [3.05, 3.63) is 100 Å². The number of ether oxygens (including phenoxy) is 1. The molecule has 0 spiro atoms. The van der Waals surface area contributed by atoms with Gasteiger partial charge in [0.25, 0.3) is 5.56 Å². The minimum Gasteiger partial charge on any atom is -0.494 e. The third kappa shape index (κ3) is 7.08. The number of hydrogen-bond acceptors (Lipinski definition) is 7. The highest BCUT2D eigenvalue weighted by atomic mass is 19.4. The zero-order valence-corrected chi connectivity index (χ0v) is 22.7. The smallest absolute Gasteiger partial charge is 0.416 e. The summed E-state index contributed by atoms with van der Waals surface area (Å²) in [7, 11) is 0. The Labute approximate surface area is 242 Å². The van der Waals surface area contributed by atoms with Crippen LogP contribution >= 0.6 is 0 Å². The highest BCUT2D eigenvalue weighted by Gasteiger charge is 2.30. The Kier molecular flexibility index (Phi) is 8.56. The van der Waals surface area contributed by atoms with Crippen molar-refractivity contribution in [1.82, 2.24) is 15.0 Å². The first kappa shape index (κ1) is 29.5. The number of benzene rings is 3. The number of carbonyl (C=O) groups excluding carboxylic acids is 1. The van der Waals surface area contributed by atoms with Gasteiger partial charge in [0.2, 0.25) is 0 Å². The third-order valence-electron chi connectivity index (χ3n) is 7.02. The third-order valence-corrected chi connectivity index (χ3v) is 7.02. The van der Waals surface area contributed by atoms with Gasteiger partial charge >= 0.3 is 12.1 Å². The topological polar surface area (TPSA) is 125 Å². The maximum Gasteiger partial charge on any atom is 0.416 e. The van der Waals surface area contributed by atoms with Gasteiger partial charge in [-0.1, -0.05) is 29.5 Å². The molecule has 0 saturated carbocycles. The summed E-state index contributed by atoms with van der Waals surface area (Å²) in [5.74, 6) is -2.24. The van der Waals surface area contributed by atoms with E-state index in [0.29, 0.717) is 47.1 Å². The molecule has 9 nitrogen and oxygen atoms in total. The molecule has 0 aliphatic heterocycles. The number of rotatable bonds is 12. The molecule has 43 heavy (non-hydrogen) atoms. The minimum atomic E-state index is -4.37. The number of aliphatic carboxylic acids is 1. The van der Waals surface area contributed by atoms with E-state index in [9.17, 15) is 32.7 Å². The first-order valence-corrected chi connectivity index (χ1v) is 13.5. The van der Waals surface area contributed by atoms with E-state index in [1.165, 1.54) is 18.2 Å². The molecule has 0 bridgehead atoms. The SMILES string of the molecule is O=C(CC(CCn1nnc2ccccc2c1=O)C(=O)O)c1cc2cc(OCCCc3ccc(C(F)(F)F)cc3)ccc2o1. The predicted octanol–water partition coefficient (Wildman–Crippen LogP) is 5.93. The molecule has 5 rings (SSSR count). The van der Waals surface area contributed by atoms with E-state index in [1.54, 1.807) is 42.5 Å². The number of aryl methyl sites for hydroxylation is 2. The summed E-state index contributed by atoms with van der Waals surface area (Å²) >= 11 is 0. The van der Waals surface area contributed by atoms with Crippen molar-refractivity contribution < 1.29 is 37.0 Å². The second kappa shape index (κ2) is 12.5. The predicted molar refractivity (Wildman–Crippen MR) is 150 cm³/mol. The van der Waals surface area contributed by atoms with E-state index in [4.69, 9.17) is 9.15 Å². The highest BCUT2D eigenvalue weighted by molar-refractivity contribution is 5.99. The lowest BCUT2D eigenvalue weighted by Crippen LogP contribution is -2.27. The normalized spacial score (nSPS) is 12.4. The number of fused-ring (bicyclic) bond motifs is 2. The molecule has 1 atom stereocenters. The summed E-state index contributed by atoms with van der Waals surface area (Å²) in [5, 5.41) is 18.5. The summed E-state index contributed by atoms with van der Waals surface area (Å²) in [5.41, 5.74) is 0.540. The van der Waals surface area contributed by atoms with Crippen LogP contribution in [-0.2, 0) is 23.9 Å². The number of carboxylic acids is 1. The molecule has 0 aliphatic carbocycles. The number of carboxylic acid groups (broad SMARTS) is 1. The molecule has 0 saturated heterocycles. The van der Waals surface area contributed by atoms with Gasteiger partial charge in [-0.25, -0.2) is 4.68 Å². The van der Waals surface area contributed by atoms with Crippen LogP contribution in [0.25, 0.3) is 21.9 Å². The molecule has 1 unspecified atom stereocenters. The lowest BCUT2D eigenvalue weighted by Gasteiger charge is -2.11. The average Bonchev–Trinajstić information content (AvgIpc) is 3.42. The maximum atomic E-state index is 12.9. The molecule has 2 aromatic heterocycles. The van der Waals surface area contributed by atoms with Crippen molar-refractivity contribution in [3.8, 4) is 5.75 Å². The van der Waals surface area contributed by atoms with E-state index in [0.717, 1.165) is 22.4 Å². The van der Waals surface area contributed by atoms with E-state index >= 15 is 0 Å². The van der Waals surface area contributed by atoms with E-state index in [2.05, 4.69) is 10.3 Å². The van der Waals surface area contributed by atoms with Gasteiger partial charge < -0.3 is 14.3 Å². The van der Waals surface area contributed by atoms with Crippen molar-refractivity contribution in [3.63, 3.8) is 0 Å². The fraction of sp³-hybridized carbons (Fsp3) is 0.258. The Morgan fingerprint density at radius 3 is 2.53 bits per heavy atom. The van der Waals surface area contributed by atoms with Crippen LogP contribution in [0.5, 0.6) is 5.75 Å². The van der Waals surface area contributed by atoms with Gasteiger partial charge in [0.05, 0.1) is 23.5 Å². The van der Waals surface area contributed by atoms with Gasteiger partial charge in [-0.05, 0) is 73.4 Å². The second-order valence-electron chi connectivity index (χ2n) is 10.0.